The Bertz CT molecular complexity index is 442. The van der Waals surface area contributed by atoms with Gasteiger partial charge in [-0.1, -0.05) is 17.7 Å². The minimum absolute atomic E-state index is 0.190. The van der Waals surface area contributed by atoms with Crippen molar-refractivity contribution in [3.63, 3.8) is 0 Å². The Morgan fingerprint density at radius 1 is 1.44 bits per heavy atom. The Morgan fingerprint density at radius 2 is 2.22 bits per heavy atom. The van der Waals surface area contributed by atoms with E-state index < -0.39 is 0 Å². The van der Waals surface area contributed by atoms with Crippen LogP contribution in [0.15, 0.2) is 18.2 Å². The molecule has 1 atom stereocenters. The Hall–Kier alpha value is -1.35. The Balaban J connectivity index is 2.10. The van der Waals surface area contributed by atoms with Crippen LogP contribution in [0, 0.1) is 19.8 Å². The standard InChI is InChI=1S/C15H22N2O/c1-11-4-5-12(2)14(8-11)15(18)17-7-6-13(10-17)9-16-3/h4-5,8,13,16H,6-7,9-10H2,1-3H3. The molecule has 0 saturated carbocycles. The number of benzene rings is 1. The van der Waals surface area contributed by atoms with Gasteiger partial charge in [-0.3, -0.25) is 4.79 Å². The van der Waals surface area contributed by atoms with Gasteiger partial charge < -0.3 is 10.2 Å². The van der Waals surface area contributed by atoms with Crippen molar-refractivity contribution in [2.45, 2.75) is 20.3 Å². The first-order chi connectivity index (χ1) is 8.61. The molecule has 1 aliphatic heterocycles. The van der Waals surface area contributed by atoms with E-state index in [-0.39, 0.29) is 5.91 Å². The topological polar surface area (TPSA) is 32.3 Å². The molecule has 1 amide bonds. The minimum atomic E-state index is 0.190. The number of carbonyl (C=O) groups is 1. The van der Waals surface area contributed by atoms with E-state index in [1.807, 2.05) is 37.9 Å². The minimum Gasteiger partial charge on any atom is -0.338 e. The number of likely N-dealkylation sites (tertiary alicyclic amines) is 1. The van der Waals surface area contributed by atoms with Gasteiger partial charge in [-0.2, -0.15) is 0 Å². The van der Waals surface area contributed by atoms with E-state index in [0.717, 1.165) is 42.7 Å². The van der Waals surface area contributed by atoms with Gasteiger partial charge in [-0.25, -0.2) is 0 Å². The maximum Gasteiger partial charge on any atom is 0.254 e. The quantitative estimate of drug-likeness (QED) is 0.884. The van der Waals surface area contributed by atoms with Crippen molar-refractivity contribution in [3.8, 4) is 0 Å². The van der Waals surface area contributed by atoms with Crippen molar-refractivity contribution >= 4 is 5.91 Å². The van der Waals surface area contributed by atoms with E-state index in [0.29, 0.717) is 5.92 Å². The third-order valence-corrected chi connectivity index (χ3v) is 3.69. The van der Waals surface area contributed by atoms with Gasteiger partial charge in [-0.15, -0.1) is 0 Å². The second-order valence-electron chi connectivity index (χ2n) is 5.28. The molecule has 0 bridgehead atoms. The van der Waals surface area contributed by atoms with Crippen LogP contribution < -0.4 is 5.32 Å². The summed E-state index contributed by atoms with van der Waals surface area (Å²) in [5, 5.41) is 3.19. The van der Waals surface area contributed by atoms with Crippen molar-refractivity contribution in [3.05, 3.63) is 34.9 Å². The molecular formula is C15H22N2O. The van der Waals surface area contributed by atoms with Crippen molar-refractivity contribution in [2.75, 3.05) is 26.7 Å². The molecule has 18 heavy (non-hydrogen) atoms. The van der Waals surface area contributed by atoms with Crippen molar-refractivity contribution in [2.24, 2.45) is 5.92 Å². The predicted octanol–water partition coefficient (Wildman–Crippen LogP) is 1.98. The van der Waals surface area contributed by atoms with Crippen molar-refractivity contribution < 1.29 is 4.79 Å². The number of hydrogen-bond acceptors (Lipinski definition) is 2. The Labute approximate surface area is 109 Å². The van der Waals surface area contributed by atoms with Gasteiger partial charge in [-0.05, 0) is 51.4 Å². The van der Waals surface area contributed by atoms with Gasteiger partial charge in [0.2, 0.25) is 0 Å². The molecule has 1 aromatic rings. The highest BCUT2D eigenvalue weighted by atomic mass is 16.2. The summed E-state index contributed by atoms with van der Waals surface area (Å²) >= 11 is 0. The fourth-order valence-electron chi connectivity index (χ4n) is 2.61. The van der Waals surface area contributed by atoms with Crippen molar-refractivity contribution in [1.82, 2.24) is 10.2 Å². The smallest absolute Gasteiger partial charge is 0.254 e. The largest absolute Gasteiger partial charge is 0.338 e. The SMILES string of the molecule is CNCC1CCN(C(=O)c2cc(C)ccc2C)C1. The first-order valence-corrected chi connectivity index (χ1v) is 6.63. The number of aryl methyl sites for hydroxylation is 2. The van der Waals surface area contributed by atoms with Crippen LogP contribution >= 0.6 is 0 Å². The van der Waals surface area contributed by atoms with Crippen LogP contribution in [0.5, 0.6) is 0 Å². The molecule has 1 heterocycles. The molecule has 1 fully saturated rings. The van der Waals surface area contributed by atoms with E-state index in [9.17, 15) is 4.79 Å². The van der Waals surface area contributed by atoms with E-state index in [1.54, 1.807) is 0 Å². The molecule has 2 rings (SSSR count). The molecule has 1 N–H and O–H groups in total. The second-order valence-corrected chi connectivity index (χ2v) is 5.28. The number of hydrogen-bond donors (Lipinski definition) is 1. The zero-order valence-electron chi connectivity index (χ0n) is 11.5. The van der Waals surface area contributed by atoms with Crippen LogP contribution in [-0.4, -0.2) is 37.5 Å². The summed E-state index contributed by atoms with van der Waals surface area (Å²) in [4.78, 5) is 14.5. The average molecular weight is 246 g/mol. The summed E-state index contributed by atoms with van der Waals surface area (Å²) in [6, 6.07) is 6.09. The lowest BCUT2D eigenvalue weighted by Crippen LogP contribution is -2.30. The van der Waals surface area contributed by atoms with Gasteiger partial charge in [0.05, 0.1) is 0 Å². The Morgan fingerprint density at radius 3 is 2.94 bits per heavy atom. The van der Waals surface area contributed by atoms with Gasteiger partial charge in [0.25, 0.3) is 5.91 Å². The molecule has 98 valence electrons. The lowest BCUT2D eigenvalue weighted by atomic mass is 10.0. The van der Waals surface area contributed by atoms with Gasteiger partial charge in [0.15, 0.2) is 0 Å². The number of rotatable bonds is 3. The molecule has 1 unspecified atom stereocenters. The average Bonchev–Trinajstić information content (AvgIpc) is 2.80. The summed E-state index contributed by atoms with van der Waals surface area (Å²) in [5.41, 5.74) is 3.08. The Kier molecular flexibility index (Phi) is 4.02. The molecule has 0 radical (unpaired) electrons. The zero-order valence-corrected chi connectivity index (χ0v) is 11.5. The lowest BCUT2D eigenvalue weighted by Gasteiger charge is -2.18. The summed E-state index contributed by atoms with van der Waals surface area (Å²) in [5.74, 6) is 0.791. The number of carbonyl (C=O) groups excluding carboxylic acids is 1. The van der Waals surface area contributed by atoms with Gasteiger partial charge in [0, 0.05) is 18.7 Å². The maximum absolute atomic E-state index is 12.5. The van der Waals surface area contributed by atoms with Crippen LogP contribution in [0.3, 0.4) is 0 Å². The number of nitrogens with zero attached hydrogens (tertiary/aromatic N) is 1. The molecule has 1 aromatic carbocycles. The zero-order chi connectivity index (χ0) is 13.1. The molecule has 3 heteroatoms. The van der Waals surface area contributed by atoms with E-state index in [4.69, 9.17) is 0 Å². The molecule has 1 saturated heterocycles. The van der Waals surface area contributed by atoms with Crippen molar-refractivity contribution in [1.29, 1.82) is 0 Å². The normalized spacial score (nSPS) is 19.3. The summed E-state index contributed by atoms with van der Waals surface area (Å²) in [6.07, 6.45) is 1.11. The molecule has 0 aliphatic carbocycles. The third kappa shape index (κ3) is 2.72. The highest BCUT2D eigenvalue weighted by molar-refractivity contribution is 5.96. The number of nitrogens with one attached hydrogen (secondary N) is 1. The summed E-state index contributed by atoms with van der Waals surface area (Å²) in [6.45, 7) is 6.81. The summed E-state index contributed by atoms with van der Waals surface area (Å²) < 4.78 is 0. The molecule has 1 aliphatic rings. The van der Waals surface area contributed by atoms with E-state index in [2.05, 4.69) is 11.4 Å². The van der Waals surface area contributed by atoms with Crippen LogP contribution in [0.2, 0.25) is 0 Å². The fraction of sp³-hybridized carbons (Fsp3) is 0.533. The monoisotopic (exact) mass is 246 g/mol. The van der Waals surface area contributed by atoms with Crippen LogP contribution in [0.25, 0.3) is 0 Å². The fourth-order valence-corrected chi connectivity index (χ4v) is 2.61. The highest BCUT2D eigenvalue weighted by Crippen LogP contribution is 2.20. The van der Waals surface area contributed by atoms with Crippen LogP contribution in [0.1, 0.15) is 27.9 Å². The number of amides is 1. The van der Waals surface area contributed by atoms with E-state index in [1.165, 1.54) is 0 Å². The predicted molar refractivity (Wildman–Crippen MR) is 73.9 cm³/mol. The first kappa shape index (κ1) is 13.1. The van der Waals surface area contributed by atoms with Crippen LogP contribution in [0.4, 0.5) is 0 Å². The first-order valence-electron chi connectivity index (χ1n) is 6.63. The van der Waals surface area contributed by atoms with Crippen LogP contribution in [-0.2, 0) is 0 Å². The van der Waals surface area contributed by atoms with Gasteiger partial charge in [0.1, 0.15) is 0 Å². The maximum atomic E-state index is 12.5. The second kappa shape index (κ2) is 5.53. The molecule has 0 aromatic heterocycles. The third-order valence-electron chi connectivity index (χ3n) is 3.69. The lowest BCUT2D eigenvalue weighted by molar-refractivity contribution is 0.0786. The van der Waals surface area contributed by atoms with E-state index >= 15 is 0 Å². The molecular weight excluding hydrogens is 224 g/mol. The molecule has 3 nitrogen and oxygen atoms in total. The van der Waals surface area contributed by atoms with Gasteiger partial charge >= 0.3 is 0 Å². The molecule has 0 spiro atoms. The summed E-state index contributed by atoms with van der Waals surface area (Å²) in [7, 11) is 1.97. The highest BCUT2D eigenvalue weighted by Gasteiger charge is 2.27.